The van der Waals surface area contributed by atoms with E-state index < -0.39 is 0 Å². The van der Waals surface area contributed by atoms with Gasteiger partial charge in [0.05, 0.1) is 28.5 Å². The van der Waals surface area contributed by atoms with Gasteiger partial charge in [-0.2, -0.15) is 0 Å². The molecule has 6 heteroatoms. The Morgan fingerprint density at radius 2 is 1.93 bits per heavy atom. The molecule has 2 aromatic rings. The average molecular weight is 400 g/mol. The second-order valence-corrected chi connectivity index (χ2v) is 9.89. The summed E-state index contributed by atoms with van der Waals surface area (Å²) < 4.78 is 6.71. The average Bonchev–Trinajstić information content (AvgIpc) is 3.16. The number of amides is 1. The van der Waals surface area contributed by atoms with Crippen LogP contribution in [0.1, 0.15) is 36.4 Å². The Balaban J connectivity index is 1.41. The van der Waals surface area contributed by atoms with E-state index in [1.165, 1.54) is 23.2 Å². The summed E-state index contributed by atoms with van der Waals surface area (Å²) in [7, 11) is 0. The predicted octanol–water partition coefficient (Wildman–Crippen LogP) is 3.34. The number of benzene rings is 1. The highest BCUT2D eigenvalue weighted by Crippen LogP contribution is 2.40. The van der Waals surface area contributed by atoms with Gasteiger partial charge < -0.3 is 15.0 Å². The van der Waals surface area contributed by atoms with E-state index in [2.05, 4.69) is 53.2 Å². The molecule has 1 aromatic carbocycles. The van der Waals surface area contributed by atoms with Gasteiger partial charge in [-0.3, -0.25) is 9.69 Å². The number of fused-ring (bicyclic) bond motifs is 4. The SMILES string of the molecule is CC1(C)[C@@H](NC(=O)c2cc3cccc(N4CCOCC4)c3s2)C2CCN1CC2. The number of thiophene rings is 1. The smallest absolute Gasteiger partial charge is 0.261 e. The third kappa shape index (κ3) is 3.02. The molecule has 4 saturated heterocycles. The number of carbonyl (C=O) groups excluding carboxylic acids is 1. The van der Waals surface area contributed by atoms with Gasteiger partial charge in [-0.25, -0.2) is 0 Å². The Bertz CT molecular complexity index is 879. The first kappa shape index (κ1) is 18.4. The van der Waals surface area contributed by atoms with Gasteiger partial charge in [0, 0.05) is 24.7 Å². The van der Waals surface area contributed by atoms with E-state index in [9.17, 15) is 4.79 Å². The lowest BCUT2D eigenvalue weighted by Crippen LogP contribution is -2.69. The molecule has 4 aliphatic heterocycles. The first-order valence-corrected chi connectivity index (χ1v) is 11.3. The summed E-state index contributed by atoms with van der Waals surface area (Å²) in [4.78, 5) is 18.9. The van der Waals surface area contributed by atoms with Crippen LogP contribution in [0, 0.1) is 5.92 Å². The molecule has 0 aliphatic carbocycles. The van der Waals surface area contributed by atoms with Crippen molar-refractivity contribution in [3.8, 4) is 0 Å². The maximum absolute atomic E-state index is 13.2. The molecule has 1 amide bonds. The lowest BCUT2D eigenvalue weighted by atomic mass is 9.72. The Hall–Kier alpha value is -1.63. The summed E-state index contributed by atoms with van der Waals surface area (Å²) in [5, 5.41) is 4.57. The first-order chi connectivity index (χ1) is 13.5. The number of ether oxygens (including phenoxy) is 1. The molecule has 6 rings (SSSR count). The van der Waals surface area contributed by atoms with E-state index in [0.717, 1.165) is 49.7 Å². The van der Waals surface area contributed by atoms with Crippen molar-refractivity contribution < 1.29 is 9.53 Å². The van der Waals surface area contributed by atoms with E-state index in [-0.39, 0.29) is 17.5 Å². The maximum atomic E-state index is 13.2. The molecule has 0 radical (unpaired) electrons. The maximum Gasteiger partial charge on any atom is 0.261 e. The minimum atomic E-state index is 0.0342. The van der Waals surface area contributed by atoms with E-state index in [1.54, 1.807) is 11.3 Å². The van der Waals surface area contributed by atoms with Crippen LogP contribution in [0.25, 0.3) is 10.1 Å². The van der Waals surface area contributed by atoms with Gasteiger partial charge >= 0.3 is 0 Å². The molecule has 0 unspecified atom stereocenters. The third-order valence-electron chi connectivity index (χ3n) is 6.97. The predicted molar refractivity (Wildman–Crippen MR) is 114 cm³/mol. The number of piperidine rings is 3. The molecule has 5 heterocycles. The molecule has 1 aromatic heterocycles. The highest BCUT2D eigenvalue weighted by Gasteiger charge is 2.48. The molecule has 1 N–H and O–H groups in total. The first-order valence-electron chi connectivity index (χ1n) is 10.5. The van der Waals surface area contributed by atoms with Crippen LogP contribution in [0.5, 0.6) is 0 Å². The number of rotatable bonds is 3. The molecule has 5 nitrogen and oxygen atoms in total. The van der Waals surface area contributed by atoms with Crippen molar-refractivity contribution in [3.05, 3.63) is 29.1 Å². The van der Waals surface area contributed by atoms with Gasteiger partial charge in [-0.1, -0.05) is 12.1 Å². The Kier molecular flexibility index (Phi) is 4.61. The molecular weight excluding hydrogens is 370 g/mol. The molecule has 150 valence electrons. The fourth-order valence-corrected chi connectivity index (χ4v) is 6.41. The zero-order valence-electron chi connectivity index (χ0n) is 16.7. The minimum Gasteiger partial charge on any atom is -0.378 e. The Morgan fingerprint density at radius 1 is 1.18 bits per heavy atom. The van der Waals surface area contributed by atoms with Crippen molar-refractivity contribution in [2.24, 2.45) is 5.92 Å². The quantitative estimate of drug-likeness (QED) is 0.860. The number of hydrogen-bond donors (Lipinski definition) is 1. The van der Waals surface area contributed by atoms with Crippen molar-refractivity contribution in [1.82, 2.24) is 10.2 Å². The molecule has 28 heavy (non-hydrogen) atoms. The summed E-state index contributed by atoms with van der Waals surface area (Å²) >= 11 is 1.63. The number of nitrogens with zero attached hydrogens (tertiary/aromatic N) is 2. The van der Waals surface area contributed by atoms with Crippen molar-refractivity contribution >= 4 is 33.0 Å². The monoisotopic (exact) mass is 399 g/mol. The molecule has 4 fully saturated rings. The van der Waals surface area contributed by atoms with Crippen molar-refractivity contribution in [3.63, 3.8) is 0 Å². The summed E-state index contributed by atoms with van der Waals surface area (Å²) in [6.07, 6.45) is 2.39. The Morgan fingerprint density at radius 3 is 2.64 bits per heavy atom. The summed E-state index contributed by atoms with van der Waals surface area (Å²) in [6, 6.07) is 8.67. The highest BCUT2D eigenvalue weighted by molar-refractivity contribution is 7.21. The third-order valence-corrected chi connectivity index (χ3v) is 8.14. The van der Waals surface area contributed by atoms with Gasteiger partial charge in [0.15, 0.2) is 0 Å². The zero-order valence-corrected chi connectivity index (χ0v) is 17.6. The van der Waals surface area contributed by atoms with Crippen LogP contribution in [-0.4, -0.2) is 61.8 Å². The molecule has 2 bridgehead atoms. The fourth-order valence-electron chi connectivity index (χ4n) is 5.30. The molecule has 4 aliphatic rings. The number of morpholine rings is 1. The number of nitrogens with one attached hydrogen (secondary N) is 1. The fraction of sp³-hybridized carbons (Fsp3) is 0.591. The molecule has 0 spiro atoms. The van der Waals surface area contributed by atoms with E-state index in [0.29, 0.717) is 5.92 Å². The number of carbonyl (C=O) groups is 1. The van der Waals surface area contributed by atoms with Crippen molar-refractivity contribution in [1.29, 1.82) is 0 Å². The molecular formula is C22H29N3O2S. The normalized spacial score (nSPS) is 29.2. The largest absolute Gasteiger partial charge is 0.378 e. The van der Waals surface area contributed by atoms with Crippen LogP contribution in [0.15, 0.2) is 24.3 Å². The molecule has 1 atom stereocenters. The van der Waals surface area contributed by atoms with Crippen molar-refractivity contribution in [2.75, 3.05) is 44.3 Å². The van der Waals surface area contributed by atoms with Crippen LogP contribution < -0.4 is 10.2 Å². The van der Waals surface area contributed by atoms with Gasteiger partial charge in [0.1, 0.15) is 0 Å². The Labute approximate surface area is 170 Å². The van der Waals surface area contributed by atoms with Gasteiger partial charge in [-0.15, -0.1) is 11.3 Å². The van der Waals surface area contributed by atoms with E-state index in [4.69, 9.17) is 4.74 Å². The highest BCUT2D eigenvalue weighted by atomic mass is 32.1. The zero-order chi connectivity index (χ0) is 19.3. The van der Waals surface area contributed by atoms with Gasteiger partial charge in [-0.05, 0) is 63.2 Å². The van der Waals surface area contributed by atoms with Crippen LogP contribution >= 0.6 is 11.3 Å². The van der Waals surface area contributed by atoms with E-state index >= 15 is 0 Å². The number of hydrogen-bond acceptors (Lipinski definition) is 5. The number of anilines is 1. The summed E-state index contributed by atoms with van der Waals surface area (Å²) in [5.41, 5.74) is 1.26. The van der Waals surface area contributed by atoms with E-state index in [1.807, 2.05) is 0 Å². The molecule has 0 saturated carbocycles. The van der Waals surface area contributed by atoms with Crippen LogP contribution in [0.2, 0.25) is 0 Å². The summed E-state index contributed by atoms with van der Waals surface area (Å²) in [5.74, 6) is 0.684. The van der Waals surface area contributed by atoms with Gasteiger partial charge in [0.25, 0.3) is 5.91 Å². The second-order valence-electron chi connectivity index (χ2n) is 8.83. The van der Waals surface area contributed by atoms with Crippen LogP contribution in [0.3, 0.4) is 0 Å². The topological polar surface area (TPSA) is 44.8 Å². The lowest BCUT2D eigenvalue weighted by Gasteiger charge is -2.56. The minimum absolute atomic E-state index is 0.0342. The standard InChI is InChI=1S/C22H29N3O2S/c1-22(2)20(15-6-8-25(22)9-7-15)23-21(26)18-14-16-4-3-5-17(19(16)28-18)24-10-12-27-13-11-24/h3-5,14-15,20H,6-13H2,1-2H3,(H,23,26)/t20-/m0/s1. The van der Waals surface area contributed by atoms with Crippen LogP contribution in [0.4, 0.5) is 5.69 Å². The van der Waals surface area contributed by atoms with Crippen LogP contribution in [-0.2, 0) is 4.74 Å². The van der Waals surface area contributed by atoms with Gasteiger partial charge in [0.2, 0.25) is 0 Å². The summed E-state index contributed by atoms with van der Waals surface area (Å²) in [6.45, 7) is 10.2. The lowest BCUT2D eigenvalue weighted by molar-refractivity contribution is -0.0377. The van der Waals surface area contributed by atoms with Crippen molar-refractivity contribution in [2.45, 2.75) is 38.3 Å². The second kappa shape index (κ2) is 7.01.